The van der Waals surface area contributed by atoms with Gasteiger partial charge in [-0.15, -0.1) is 0 Å². The molecule has 4 aromatic carbocycles. The second-order valence-electron chi connectivity index (χ2n) is 10.3. The molecule has 0 heterocycles. The lowest BCUT2D eigenvalue weighted by Crippen LogP contribution is -2.32. The minimum absolute atomic E-state index is 0.0924. The molecule has 0 atom stereocenters. The van der Waals surface area contributed by atoms with Crippen LogP contribution in [0.3, 0.4) is 0 Å². The van der Waals surface area contributed by atoms with Gasteiger partial charge in [-0.1, -0.05) is 124 Å². The highest BCUT2D eigenvalue weighted by Gasteiger charge is 2.47. The van der Waals surface area contributed by atoms with Crippen LogP contribution < -0.4 is 0 Å². The van der Waals surface area contributed by atoms with Crippen molar-refractivity contribution in [3.63, 3.8) is 0 Å². The zero-order chi connectivity index (χ0) is 23.2. The molecule has 0 spiro atoms. The first kappa shape index (κ1) is 21.4. The van der Waals surface area contributed by atoms with Crippen molar-refractivity contribution >= 4 is 0 Å². The minimum Gasteiger partial charge on any atom is -0.0653 e. The molecule has 0 aromatic heterocycles. The maximum absolute atomic E-state index is 2.41. The van der Waals surface area contributed by atoms with Gasteiger partial charge in [0.15, 0.2) is 0 Å². The topological polar surface area (TPSA) is 0 Å². The van der Waals surface area contributed by atoms with E-state index in [9.17, 15) is 0 Å². The van der Waals surface area contributed by atoms with Crippen LogP contribution in [-0.4, -0.2) is 0 Å². The van der Waals surface area contributed by atoms with Crippen LogP contribution >= 0.6 is 0 Å². The Hall–Kier alpha value is -3.12. The lowest BCUT2D eigenvalue weighted by atomic mass is 9.64. The molecule has 0 saturated heterocycles. The van der Waals surface area contributed by atoms with Crippen LogP contribution in [0.15, 0.2) is 97.1 Å². The Morgan fingerprint density at radius 3 is 0.912 bits per heavy atom. The highest BCUT2D eigenvalue weighted by Crippen LogP contribution is 2.58. The fourth-order valence-corrected chi connectivity index (χ4v) is 7.44. The van der Waals surface area contributed by atoms with Gasteiger partial charge in [0.05, 0.1) is 0 Å². The van der Waals surface area contributed by atoms with E-state index in [1.807, 2.05) is 0 Å². The highest BCUT2D eigenvalue weighted by atomic mass is 14.5. The quantitative estimate of drug-likeness (QED) is 0.267. The summed E-state index contributed by atoms with van der Waals surface area (Å²) in [5.41, 5.74) is 12.2. The standard InChI is InChI=1S/C34H34/c1-3-21-33(29-17-9-5-13-25(29)26-14-6-10-18-30(26)33)23-24-34(22-4-2)31-19-11-7-15-27(31)28-16-8-12-20-32(28)34/h5-20H,3-4,21-24H2,1-2H3. The summed E-state index contributed by atoms with van der Waals surface area (Å²) in [7, 11) is 0. The number of hydrogen-bond acceptors (Lipinski definition) is 0. The Kier molecular flexibility index (Phi) is 5.21. The SMILES string of the molecule is CCCC1(CCC2(CCC)c3ccccc3-c3ccccc32)c2ccccc2-c2ccccc21. The first-order chi connectivity index (χ1) is 16.7. The molecule has 2 aliphatic carbocycles. The van der Waals surface area contributed by atoms with Gasteiger partial charge in [0, 0.05) is 10.8 Å². The molecule has 34 heavy (non-hydrogen) atoms. The zero-order valence-electron chi connectivity index (χ0n) is 20.5. The molecule has 4 aromatic rings. The minimum atomic E-state index is 0.0924. The first-order valence-electron chi connectivity index (χ1n) is 13.1. The first-order valence-corrected chi connectivity index (χ1v) is 13.1. The van der Waals surface area contributed by atoms with E-state index < -0.39 is 0 Å². The molecular formula is C34H34. The molecule has 0 heteroatoms. The Labute approximate surface area is 204 Å². The van der Waals surface area contributed by atoms with E-state index in [2.05, 4.69) is 111 Å². The lowest BCUT2D eigenvalue weighted by molar-refractivity contribution is 0.349. The molecular weight excluding hydrogens is 408 g/mol. The Balaban J connectivity index is 1.51. The predicted octanol–water partition coefficient (Wildman–Crippen LogP) is 9.30. The van der Waals surface area contributed by atoms with Crippen molar-refractivity contribution < 1.29 is 0 Å². The van der Waals surface area contributed by atoms with Gasteiger partial charge in [-0.05, 0) is 70.2 Å². The van der Waals surface area contributed by atoms with Gasteiger partial charge in [0.25, 0.3) is 0 Å². The van der Waals surface area contributed by atoms with Gasteiger partial charge < -0.3 is 0 Å². The van der Waals surface area contributed by atoms with E-state index in [0.717, 1.165) is 0 Å². The molecule has 0 nitrogen and oxygen atoms in total. The average molecular weight is 443 g/mol. The second-order valence-corrected chi connectivity index (χ2v) is 10.3. The smallest absolute Gasteiger partial charge is 0.0215 e. The molecule has 0 saturated carbocycles. The Morgan fingerprint density at radius 2 is 0.647 bits per heavy atom. The van der Waals surface area contributed by atoms with Crippen LogP contribution in [0.2, 0.25) is 0 Å². The fraction of sp³-hybridized carbons (Fsp3) is 0.294. The molecule has 0 unspecified atom stereocenters. The van der Waals surface area contributed by atoms with Crippen LogP contribution in [0, 0.1) is 0 Å². The summed E-state index contributed by atoms with van der Waals surface area (Å²) in [5.74, 6) is 0. The Bertz CT molecular complexity index is 1150. The third-order valence-corrected chi connectivity index (χ3v) is 8.68. The zero-order valence-corrected chi connectivity index (χ0v) is 20.5. The molecule has 0 N–H and O–H groups in total. The summed E-state index contributed by atoms with van der Waals surface area (Å²) >= 11 is 0. The predicted molar refractivity (Wildman–Crippen MR) is 144 cm³/mol. The summed E-state index contributed by atoms with van der Waals surface area (Å²) in [6.07, 6.45) is 7.14. The fourth-order valence-electron chi connectivity index (χ4n) is 7.44. The van der Waals surface area contributed by atoms with Gasteiger partial charge in [-0.25, -0.2) is 0 Å². The second kappa shape index (κ2) is 8.27. The molecule has 0 radical (unpaired) electrons. The largest absolute Gasteiger partial charge is 0.0653 e. The van der Waals surface area contributed by atoms with E-state index in [1.165, 1.54) is 60.8 Å². The molecule has 170 valence electrons. The molecule has 0 bridgehead atoms. The molecule has 0 fully saturated rings. The van der Waals surface area contributed by atoms with Crippen LogP contribution in [0.5, 0.6) is 0 Å². The van der Waals surface area contributed by atoms with Crippen molar-refractivity contribution in [2.75, 3.05) is 0 Å². The van der Waals surface area contributed by atoms with E-state index in [-0.39, 0.29) is 10.8 Å². The van der Waals surface area contributed by atoms with E-state index in [0.29, 0.717) is 0 Å². The van der Waals surface area contributed by atoms with Gasteiger partial charge in [0.2, 0.25) is 0 Å². The third kappa shape index (κ3) is 2.91. The molecule has 0 amide bonds. The van der Waals surface area contributed by atoms with Crippen LogP contribution in [0.25, 0.3) is 22.3 Å². The van der Waals surface area contributed by atoms with Crippen molar-refractivity contribution in [1.82, 2.24) is 0 Å². The molecule has 6 rings (SSSR count). The van der Waals surface area contributed by atoms with Gasteiger partial charge in [0.1, 0.15) is 0 Å². The third-order valence-electron chi connectivity index (χ3n) is 8.68. The van der Waals surface area contributed by atoms with Crippen LogP contribution in [-0.2, 0) is 10.8 Å². The highest BCUT2D eigenvalue weighted by molar-refractivity contribution is 5.82. The van der Waals surface area contributed by atoms with Crippen molar-refractivity contribution in [2.45, 2.75) is 63.2 Å². The number of rotatable bonds is 7. The lowest BCUT2D eigenvalue weighted by Gasteiger charge is -2.38. The van der Waals surface area contributed by atoms with Crippen molar-refractivity contribution in [3.05, 3.63) is 119 Å². The van der Waals surface area contributed by atoms with E-state index in [1.54, 1.807) is 22.3 Å². The molecule has 0 aliphatic heterocycles. The van der Waals surface area contributed by atoms with Crippen LogP contribution in [0.1, 0.15) is 74.6 Å². The number of fused-ring (bicyclic) bond motifs is 6. The summed E-state index contributed by atoms with van der Waals surface area (Å²) in [5, 5.41) is 0. The number of benzene rings is 4. The summed E-state index contributed by atoms with van der Waals surface area (Å²) < 4.78 is 0. The van der Waals surface area contributed by atoms with Crippen molar-refractivity contribution in [1.29, 1.82) is 0 Å². The van der Waals surface area contributed by atoms with Gasteiger partial charge in [-0.2, -0.15) is 0 Å². The van der Waals surface area contributed by atoms with Crippen molar-refractivity contribution in [2.24, 2.45) is 0 Å². The Morgan fingerprint density at radius 1 is 0.382 bits per heavy atom. The normalized spacial score (nSPS) is 15.9. The average Bonchev–Trinajstić information content (AvgIpc) is 3.33. The maximum atomic E-state index is 2.41. The summed E-state index contributed by atoms with van der Waals surface area (Å²) in [6, 6.07) is 36.8. The van der Waals surface area contributed by atoms with Crippen LogP contribution in [0.4, 0.5) is 0 Å². The van der Waals surface area contributed by atoms with Crippen molar-refractivity contribution in [3.8, 4) is 22.3 Å². The number of hydrogen-bond donors (Lipinski definition) is 0. The summed E-state index contributed by atoms with van der Waals surface area (Å²) in [4.78, 5) is 0. The van der Waals surface area contributed by atoms with E-state index in [4.69, 9.17) is 0 Å². The van der Waals surface area contributed by atoms with E-state index >= 15 is 0 Å². The molecule has 2 aliphatic rings. The monoisotopic (exact) mass is 442 g/mol. The van der Waals surface area contributed by atoms with Gasteiger partial charge >= 0.3 is 0 Å². The maximum Gasteiger partial charge on any atom is 0.0215 e. The summed E-state index contributed by atoms with van der Waals surface area (Å²) in [6.45, 7) is 4.71. The van der Waals surface area contributed by atoms with Gasteiger partial charge in [-0.3, -0.25) is 0 Å².